The van der Waals surface area contributed by atoms with E-state index in [9.17, 15) is 9.18 Å². The maximum atomic E-state index is 13.5. The Hall–Kier alpha value is -2.71. The number of hydrogen-bond acceptors (Lipinski definition) is 5. The quantitative estimate of drug-likeness (QED) is 0.540. The Labute approximate surface area is 192 Å². The number of nitrogens with zero attached hydrogens (tertiary/aromatic N) is 4. The lowest BCUT2D eigenvalue weighted by Gasteiger charge is -2.26. The number of fused-ring (bicyclic) bond motifs is 1. The van der Waals surface area contributed by atoms with Crippen LogP contribution in [0.25, 0.3) is 5.69 Å². The average molecular weight is 454 g/mol. The number of nitrogens with one attached hydrogen (secondary N) is 1. The molecule has 0 fully saturated rings. The van der Waals surface area contributed by atoms with Crippen LogP contribution in [0.1, 0.15) is 48.8 Å². The fourth-order valence-electron chi connectivity index (χ4n) is 3.98. The van der Waals surface area contributed by atoms with Gasteiger partial charge in [0, 0.05) is 5.69 Å². The van der Waals surface area contributed by atoms with Crippen LogP contribution in [0, 0.1) is 5.82 Å². The van der Waals surface area contributed by atoms with Crippen molar-refractivity contribution in [3.63, 3.8) is 0 Å². The number of carbonyl (C=O) groups is 1. The standard InChI is InChI=1S/C24H28FN5OS/c1-16(29(2)3)23-27-28-24(30(23)19-13-11-18(25)12-14-19)32-15-22(31)26-21-10-6-8-17-7-4-5-9-20(17)21/h4-5,7,9,11-14,16,21H,6,8,10,15H2,1-3H3,(H,26,31)/t16-,21+/m0/s1. The van der Waals surface area contributed by atoms with E-state index in [-0.39, 0.29) is 29.6 Å². The third kappa shape index (κ3) is 4.86. The molecule has 1 amide bonds. The Morgan fingerprint density at radius 1 is 1.22 bits per heavy atom. The molecule has 0 saturated carbocycles. The number of carbonyl (C=O) groups excluding carboxylic acids is 1. The first-order valence-electron chi connectivity index (χ1n) is 10.8. The molecule has 2 atom stereocenters. The minimum Gasteiger partial charge on any atom is -0.349 e. The molecule has 1 N–H and O–H groups in total. The van der Waals surface area contributed by atoms with E-state index in [0.29, 0.717) is 5.16 Å². The van der Waals surface area contributed by atoms with Crippen LogP contribution in [0.15, 0.2) is 53.7 Å². The molecule has 1 aromatic heterocycles. The normalized spacial score (nSPS) is 16.6. The largest absolute Gasteiger partial charge is 0.349 e. The molecule has 1 heterocycles. The van der Waals surface area contributed by atoms with Gasteiger partial charge in [-0.2, -0.15) is 0 Å². The summed E-state index contributed by atoms with van der Waals surface area (Å²) in [6.07, 6.45) is 3.08. The highest BCUT2D eigenvalue weighted by atomic mass is 32.2. The third-order valence-corrected chi connectivity index (χ3v) is 6.86. The van der Waals surface area contributed by atoms with Crippen molar-refractivity contribution in [3.05, 3.63) is 71.3 Å². The van der Waals surface area contributed by atoms with Crippen LogP contribution < -0.4 is 5.32 Å². The molecular weight excluding hydrogens is 425 g/mol. The molecule has 4 rings (SSSR count). The Bertz CT molecular complexity index is 1080. The fraction of sp³-hybridized carbons (Fsp3) is 0.375. The molecule has 0 spiro atoms. The Morgan fingerprint density at radius 3 is 2.72 bits per heavy atom. The second-order valence-corrected chi connectivity index (χ2v) is 9.23. The van der Waals surface area contributed by atoms with Crippen LogP contribution in [0.3, 0.4) is 0 Å². The van der Waals surface area contributed by atoms with Gasteiger partial charge in [-0.15, -0.1) is 10.2 Å². The summed E-state index contributed by atoms with van der Waals surface area (Å²) >= 11 is 1.34. The van der Waals surface area contributed by atoms with E-state index >= 15 is 0 Å². The molecule has 1 aliphatic carbocycles. The summed E-state index contributed by atoms with van der Waals surface area (Å²) in [4.78, 5) is 14.8. The first-order chi connectivity index (χ1) is 15.4. The summed E-state index contributed by atoms with van der Waals surface area (Å²) in [5.74, 6) is 0.637. The van der Waals surface area contributed by atoms with Crippen LogP contribution >= 0.6 is 11.8 Å². The van der Waals surface area contributed by atoms with Gasteiger partial charge in [0.25, 0.3) is 0 Å². The maximum Gasteiger partial charge on any atom is 0.230 e. The Balaban J connectivity index is 1.51. The number of thioether (sulfide) groups is 1. The molecule has 0 saturated heterocycles. The molecule has 0 unspecified atom stereocenters. The molecule has 168 valence electrons. The van der Waals surface area contributed by atoms with E-state index in [1.54, 1.807) is 12.1 Å². The van der Waals surface area contributed by atoms with Crippen molar-refractivity contribution in [1.82, 2.24) is 25.0 Å². The molecule has 6 nitrogen and oxygen atoms in total. The fourth-order valence-corrected chi connectivity index (χ4v) is 4.75. The van der Waals surface area contributed by atoms with Gasteiger partial charge in [-0.1, -0.05) is 36.0 Å². The van der Waals surface area contributed by atoms with Crippen LogP contribution in [0.2, 0.25) is 0 Å². The van der Waals surface area contributed by atoms with Gasteiger partial charge in [0.1, 0.15) is 5.82 Å². The van der Waals surface area contributed by atoms with E-state index in [2.05, 4.69) is 27.6 Å². The molecule has 0 radical (unpaired) electrons. The van der Waals surface area contributed by atoms with Crippen molar-refractivity contribution in [2.75, 3.05) is 19.8 Å². The van der Waals surface area contributed by atoms with Crippen molar-refractivity contribution in [3.8, 4) is 5.69 Å². The Kier molecular flexibility index (Phi) is 6.91. The third-order valence-electron chi connectivity index (χ3n) is 5.93. The van der Waals surface area contributed by atoms with Gasteiger partial charge in [0.05, 0.1) is 17.8 Å². The minimum absolute atomic E-state index is 0.00512. The molecule has 0 bridgehead atoms. The number of hydrogen-bond donors (Lipinski definition) is 1. The summed E-state index contributed by atoms with van der Waals surface area (Å²) in [6, 6.07) is 14.6. The van der Waals surface area contributed by atoms with Gasteiger partial charge in [0.2, 0.25) is 5.91 Å². The molecule has 2 aromatic carbocycles. The van der Waals surface area contributed by atoms with Crippen LogP contribution in [0.5, 0.6) is 0 Å². The van der Waals surface area contributed by atoms with Gasteiger partial charge < -0.3 is 5.32 Å². The number of amides is 1. The lowest BCUT2D eigenvalue weighted by Crippen LogP contribution is -2.32. The van der Waals surface area contributed by atoms with Crippen LogP contribution in [0.4, 0.5) is 4.39 Å². The van der Waals surface area contributed by atoms with Gasteiger partial charge in [-0.05, 0) is 75.7 Å². The molecule has 1 aliphatic rings. The molecule has 3 aromatic rings. The van der Waals surface area contributed by atoms with Crippen molar-refractivity contribution in [2.24, 2.45) is 0 Å². The predicted octanol–water partition coefficient (Wildman–Crippen LogP) is 4.31. The minimum atomic E-state index is -0.301. The number of benzene rings is 2. The SMILES string of the molecule is C[C@@H](c1nnc(SCC(=O)N[C@@H]2CCCc3ccccc32)n1-c1ccc(F)cc1)N(C)C. The van der Waals surface area contributed by atoms with Crippen molar-refractivity contribution in [2.45, 2.75) is 43.4 Å². The smallest absolute Gasteiger partial charge is 0.230 e. The number of aromatic nitrogens is 3. The zero-order chi connectivity index (χ0) is 22.7. The Morgan fingerprint density at radius 2 is 1.97 bits per heavy atom. The summed E-state index contributed by atoms with van der Waals surface area (Å²) < 4.78 is 15.4. The van der Waals surface area contributed by atoms with Gasteiger partial charge >= 0.3 is 0 Å². The highest BCUT2D eigenvalue weighted by Crippen LogP contribution is 2.30. The van der Waals surface area contributed by atoms with E-state index in [1.165, 1.54) is 35.0 Å². The van der Waals surface area contributed by atoms with Crippen LogP contribution in [-0.4, -0.2) is 45.4 Å². The molecule has 8 heteroatoms. The lowest BCUT2D eigenvalue weighted by atomic mass is 9.88. The van der Waals surface area contributed by atoms with E-state index in [0.717, 1.165) is 30.8 Å². The summed E-state index contributed by atoms with van der Waals surface area (Å²) in [5.41, 5.74) is 3.30. The summed E-state index contributed by atoms with van der Waals surface area (Å²) in [5, 5.41) is 12.5. The van der Waals surface area contributed by atoms with Crippen molar-refractivity contribution >= 4 is 17.7 Å². The van der Waals surface area contributed by atoms with Crippen molar-refractivity contribution in [1.29, 1.82) is 0 Å². The molecule has 0 aliphatic heterocycles. The van der Waals surface area contributed by atoms with E-state index < -0.39 is 0 Å². The lowest BCUT2D eigenvalue weighted by molar-refractivity contribution is -0.119. The number of aryl methyl sites for hydroxylation is 1. The van der Waals surface area contributed by atoms with E-state index in [1.807, 2.05) is 42.6 Å². The first-order valence-corrected chi connectivity index (χ1v) is 11.8. The maximum absolute atomic E-state index is 13.5. The topological polar surface area (TPSA) is 63.1 Å². The number of halogens is 1. The van der Waals surface area contributed by atoms with E-state index in [4.69, 9.17) is 0 Å². The monoisotopic (exact) mass is 453 g/mol. The highest BCUT2D eigenvalue weighted by Gasteiger charge is 2.24. The molecular formula is C24H28FN5OS. The predicted molar refractivity (Wildman–Crippen MR) is 124 cm³/mol. The van der Waals surface area contributed by atoms with Gasteiger partial charge in [-0.3, -0.25) is 14.3 Å². The summed E-state index contributed by atoms with van der Waals surface area (Å²) in [7, 11) is 3.94. The van der Waals surface area contributed by atoms with Crippen molar-refractivity contribution < 1.29 is 9.18 Å². The first kappa shape index (κ1) is 22.5. The summed E-state index contributed by atoms with van der Waals surface area (Å²) in [6.45, 7) is 2.03. The molecule has 32 heavy (non-hydrogen) atoms. The highest BCUT2D eigenvalue weighted by molar-refractivity contribution is 7.99. The van der Waals surface area contributed by atoms with Gasteiger partial charge in [0.15, 0.2) is 11.0 Å². The van der Waals surface area contributed by atoms with Crippen LogP contribution in [-0.2, 0) is 11.2 Å². The number of rotatable bonds is 7. The second-order valence-electron chi connectivity index (χ2n) is 8.29. The zero-order valence-electron chi connectivity index (χ0n) is 18.6. The second kappa shape index (κ2) is 9.83. The van der Waals surface area contributed by atoms with Gasteiger partial charge in [-0.25, -0.2) is 4.39 Å². The average Bonchev–Trinajstić information content (AvgIpc) is 3.21. The zero-order valence-corrected chi connectivity index (χ0v) is 19.4.